The van der Waals surface area contributed by atoms with E-state index >= 15 is 0 Å². The number of likely N-dealkylation sites (tertiary alicyclic amines) is 1. The Morgan fingerprint density at radius 2 is 1.96 bits per heavy atom. The molecule has 0 spiro atoms. The molecule has 1 unspecified atom stereocenters. The number of non-ortho nitro benzene ring substituents is 1. The minimum absolute atomic E-state index is 0.0142. The van der Waals surface area contributed by atoms with Crippen LogP contribution < -0.4 is 5.32 Å². The molecule has 28 heavy (non-hydrogen) atoms. The number of hydrogen-bond donors (Lipinski definition) is 1. The highest BCUT2D eigenvalue weighted by Crippen LogP contribution is 2.20. The molecule has 1 amide bonds. The summed E-state index contributed by atoms with van der Waals surface area (Å²) < 4.78 is 0.565. The highest BCUT2D eigenvalue weighted by molar-refractivity contribution is 14.1. The van der Waals surface area contributed by atoms with E-state index in [-0.39, 0.29) is 11.6 Å². The second-order valence-corrected chi connectivity index (χ2v) is 8.57. The maximum atomic E-state index is 12.4. The predicted octanol–water partition coefficient (Wildman–Crippen LogP) is 4.36. The minimum Gasteiger partial charge on any atom is -0.348 e. The van der Waals surface area contributed by atoms with Gasteiger partial charge in [-0.3, -0.25) is 19.8 Å². The second kappa shape index (κ2) is 9.47. The molecule has 0 bridgehead atoms. The van der Waals surface area contributed by atoms with Crippen molar-refractivity contribution in [3.8, 4) is 0 Å². The van der Waals surface area contributed by atoms with E-state index in [1.54, 1.807) is 0 Å². The summed E-state index contributed by atoms with van der Waals surface area (Å²) in [6.07, 6.45) is 2.59. The highest BCUT2D eigenvalue weighted by atomic mass is 127. The molecule has 3 rings (SSSR count). The van der Waals surface area contributed by atoms with Gasteiger partial charge in [-0.1, -0.05) is 31.2 Å². The number of hydrogen-bond acceptors (Lipinski definition) is 4. The van der Waals surface area contributed by atoms with Crippen LogP contribution in [0.5, 0.6) is 0 Å². The van der Waals surface area contributed by atoms with Crippen LogP contribution in [0.3, 0.4) is 0 Å². The lowest BCUT2D eigenvalue weighted by Crippen LogP contribution is -2.33. The number of carbonyl (C=O) groups excluding carboxylic acids is 1. The van der Waals surface area contributed by atoms with Gasteiger partial charge in [0.2, 0.25) is 0 Å². The van der Waals surface area contributed by atoms with Crippen molar-refractivity contribution >= 4 is 34.2 Å². The average molecular weight is 493 g/mol. The van der Waals surface area contributed by atoms with Crippen molar-refractivity contribution in [3.05, 3.63) is 72.8 Å². The van der Waals surface area contributed by atoms with Crippen LogP contribution in [-0.4, -0.2) is 28.8 Å². The third-order valence-corrected chi connectivity index (χ3v) is 5.92. The van der Waals surface area contributed by atoms with Crippen LogP contribution in [0.25, 0.3) is 0 Å². The molecule has 2 aromatic rings. The molecule has 1 aliphatic heterocycles. The van der Waals surface area contributed by atoms with Gasteiger partial charge in [0.1, 0.15) is 0 Å². The lowest BCUT2D eigenvalue weighted by atomic mass is 9.99. The van der Waals surface area contributed by atoms with Gasteiger partial charge in [0.05, 0.1) is 10.5 Å². The fourth-order valence-corrected chi connectivity index (χ4v) is 4.27. The Hall–Kier alpha value is -2.00. The SMILES string of the molecule is CC1CCCN(Cc2ccc(CNC(=O)c3ccc([N+](=O)[O-])cc3I)cc2)C1. The lowest BCUT2D eigenvalue weighted by Gasteiger charge is -2.30. The average Bonchev–Trinajstić information content (AvgIpc) is 2.67. The third-order valence-electron chi connectivity index (χ3n) is 5.03. The number of amides is 1. The van der Waals surface area contributed by atoms with Crippen molar-refractivity contribution in [2.24, 2.45) is 5.92 Å². The molecule has 6 nitrogen and oxygen atoms in total. The molecule has 0 aliphatic carbocycles. The van der Waals surface area contributed by atoms with Gasteiger partial charge < -0.3 is 5.32 Å². The molecule has 0 aromatic heterocycles. The first kappa shape index (κ1) is 20.7. The Morgan fingerprint density at radius 1 is 1.25 bits per heavy atom. The van der Waals surface area contributed by atoms with E-state index in [4.69, 9.17) is 0 Å². The molecule has 1 heterocycles. The summed E-state index contributed by atoms with van der Waals surface area (Å²) in [4.78, 5) is 25.2. The van der Waals surface area contributed by atoms with E-state index in [1.165, 1.54) is 36.6 Å². The van der Waals surface area contributed by atoms with Gasteiger partial charge in [-0.2, -0.15) is 0 Å². The van der Waals surface area contributed by atoms with Crippen LogP contribution in [-0.2, 0) is 13.1 Å². The second-order valence-electron chi connectivity index (χ2n) is 7.40. The van der Waals surface area contributed by atoms with Crippen LogP contribution in [0.1, 0.15) is 41.3 Å². The molecule has 7 heteroatoms. The van der Waals surface area contributed by atoms with Crippen molar-refractivity contribution in [2.75, 3.05) is 13.1 Å². The third kappa shape index (κ3) is 5.51. The summed E-state index contributed by atoms with van der Waals surface area (Å²) in [5.41, 5.74) is 2.75. The van der Waals surface area contributed by atoms with Gasteiger partial charge in [-0.05, 0) is 65.1 Å². The summed E-state index contributed by atoms with van der Waals surface area (Å²) in [7, 11) is 0. The predicted molar refractivity (Wildman–Crippen MR) is 117 cm³/mol. The quantitative estimate of drug-likeness (QED) is 0.369. The molecule has 0 saturated carbocycles. The largest absolute Gasteiger partial charge is 0.348 e. The minimum atomic E-state index is -0.462. The number of piperidine rings is 1. The fourth-order valence-electron chi connectivity index (χ4n) is 3.53. The van der Waals surface area contributed by atoms with Crippen LogP contribution in [0, 0.1) is 19.6 Å². The van der Waals surface area contributed by atoms with E-state index < -0.39 is 4.92 Å². The summed E-state index contributed by atoms with van der Waals surface area (Å²) in [5.74, 6) is 0.538. The molecule has 148 valence electrons. The molecule has 1 atom stereocenters. The van der Waals surface area contributed by atoms with Gasteiger partial charge in [0, 0.05) is 35.3 Å². The molecule has 1 fully saturated rings. The smallest absolute Gasteiger partial charge is 0.270 e. The number of nitrogens with one attached hydrogen (secondary N) is 1. The Balaban J connectivity index is 1.54. The van der Waals surface area contributed by atoms with Gasteiger partial charge >= 0.3 is 0 Å². The first-order valence-electron chi connectivity index (χ1n) is 9.44. The molecular weight excluding hydrogens is 469 g/mol. The topological polar surface area (TPSA) is 75.5 Å². The number of halogens is 1. The summed E-state index contributed by atoms with van der Waals surface area (Å²) in [6.45, 7) is 6.02. The number of carbonyl (C=O) groups is 1. The summed E-state index contributed by atoms with van der Waals surface area (Å²) in [6, 6.07) is 12.6. The van der Waals surface area contributed by atoms with Crippen molar-refractivity contribution < 1.29 is 9.72 Å². The lowest BCUT2D eigenvalue weighted by molar-refractivity contribution is -0.384. The molecule has 2 aromatic carbocycles. The standard InChI is InChI=1S/C21H24IN3O3/c1-15-3-2-10-24(13-15)14-17-6-4-16(5-7-17)12-23-21(26)19-9-8-18(25(27)28)11-20(19)22/h4-9,11,15H,2-3,10,12-14H2,1H3,(H,23,26). The fraction of sp³-hybridized carbons (Fsp3) is 0.381. The maximum Gasteiger partial charge on any atom is 0.270 e. The van der Waals surface area contributed by atoms with E-state index in [1.807, 2.05) is 34.7 Å². The Morgan fingerprint density at radius 3 is 2.61 bits per heavy atom. The van der Waals surface area contributed by atoms with Crippen molar-refractivity contribution in [1.29, 1.82) is 0 Å². The molecule has 0 radical (unpaired) electrons. The van der Waals surface area contributed by atoms with E-state index in [0.717, 1.165) is 31.1 Å². The number of nitrogens with zero attached hydrogens (tertiary/aromatic N) is 2. The summed E-state index contributed by atoms with van der Waals surface area (Å²) >= 11 is 1.95. The first-order chi connectivity index (χ1) is 13.4. The number of rotatable bonds is 6. The van der Waals surface area contributed by atoms with Crippen molar-refractivity contribution in [1.82, 2.24) is 10.2 Å². The normalized spacial score (nSPS) is 17.3. The van der Waals surface area contributed by atoms with Gasteiger partial charge in [0.25, 0.3) is 11.6 Å². The van der Waals surface area contributed by atoms with Crippen LogP contribution in [0.15, 0.2) is 42.5 Å². The number of nitro benzene ring substituents is 1. The Bertz CT molecular complexity index is 854. The molecule has 1 saturated heterocycles. The van der Waals surface area contributed by atoms with E-state index in [2.05, 4.69) is 29.3 Å². The zero-order chi connectivity index (χ0) is 20.1. The highest BCUT2D eigenvalue weighted by Gasteiger charge is 2.16. The monoisotopic (exact) mass is 493 g/mol. The maximum absolute atomic E-state index is 12.4. The molecule has 1 aliphatic rings. The first-order valence-corrected chi connectivity index (χ1v) is 10.5. The van der Waals surface area contributed by atoms with Crippen molar-refractivity contribution in [2.45, 2.75) is 32.9 Å². The zero-order valence-corrected chi connectivity index (χ0v) is 18.0. The number of nitro groups is 1. The van der Waals surface area contributed by atoms with Gasteiger partial charge in [0.15, 0.2) is 0 Å². The zero-order valence-electron chi connectivity index (χ0n) is 15.9. The van der Waals surface area contributed by atoms with Crippen LogP contribution in [0.4, 0.5) is 5.69 Å². The summed E-state index contributed by atoms with van der Waals surface area (Å²) in [5, 5.41) is 13.7. The van der Waals surface area contributed by atoms with Crippen molar-refractivity contribution in [3.63, 3.8) is 0 Å². The molecule has 1 N–H and O–H groups in total. The van der Waals surface area contributed by atoms with E-state index in [0.29, 0.717) is 15.7 Å². The number of benzene rings is 2. The van der Waals surface area contributed by atoms with Crippen LogP contribution in [0.2, 0.25) is 0 Å². The Kier molecular flexibility index (Phi) is 7.01. The van der Waals surface area contributed by atoms with Gasteiger partial charge in [-0.15, -0.1) is 0 Å². The molecular formula is C21H24IN3O3. The Labute approximate surface area is 178 Å². The van der Waals surface area contributed by atoms with Crippen LogP contribution >= 0.6 is 22.6 Å². The van der Waals surface area contributed by atoms with E-state index in [9.17, 15) is 14.9 Å². The van der Waals surface area contributed by atoms with Gasteiger partial charge in [-0.25, -0.2) is 0 Å².